The van der Waals surface area contributed by atoms with E-state index >= 15 is 0 Å². The van der Waals surface area contributed by atoms with E-state index < -0.39 is 14.9 Å². The van der Waals surface area contributed by atoms with Gasteiger partial charge in [0, 0.05) is 30.0 Å². The molecule has 1 N–H and O–H groups in total. The molecule has 0 heterocycles. The van der Waals surface area contributed by atoms with E-state index in [2.05, 4.69) is 24.6 Å². The average molecular weight is 473 g/mol. The van der Waals surface area contributed by atoms with E-state index in [0.717, 1.165) is 51.0 Å². The van der Waals surface area contributed by atoms with E-state index in [1.807, 2.05) is 0 Å². The molecule has 1 aromatic carbocycles. The molecule has 0 amide bonds. The van der Waals surface area contributed by atoms with E-state index in [-0.39, 0.29) is 27.5 Å². The molecule has 178 valence electrons. The Hall–Kier alpha value is -2.06. The minimum atomic E-state index is -3.84. The van der Waals surface area contributed by atoms with Crippen LogP contribution in [-0.2, 0) is 14.8 Å². The van der Waals surface area contributed by atoms with Crippen LogP contribution in [0.25, 0.3) is 0 Å². The highest BCUT2D eigenvalue weighted by atomic mass is 32.2. The molecule has 4 aliphatic rings. The van der Waals surface area contributed by atoms with Crippen LogP contribution in [-0.4, -0.2) is 25.2 Å². The van der Waals surface area contributed by atoms with Gasteiger partial charge < -0.3 is 0 Å². The second-order valence-electron chi connectivity index (χ2n) is 11.0. The highest BCUT2D eigenvalue weighted by Gasteiger charge is 2.58. The summed E-state index contributed by atoms with van der Waals surface area (Å²) in [5, 5.41) is 11.0. The van der Waals surface area contributed by atoms with Gasteiger partial charge in [-0.2, -0.15) is 0 Å². The Morgan fingerprint density at radius 2 is 1.82 bits per heavy atom. The Morgan fingerprint density at radius 3 is 2.58 bits per heavy atom. The summed E-state index contributed by atoms with van der Waals surface area (Å²) in [4.78, 5) is 23.0. The van der Waals surface area contributed by atoms with Gasteiger partial charge in [0.25, 0.3) is 5.69 Å². The number of hydrogen-bond donors (Lipinski definition) is 1. The molecule has 8 heteroatoms. The van der Waals surface area contributed by atoms with Gasteiger partial charge in [-0.25, -0.2) is 13.1 Å². The fourth-order valence-corrected chi connectivity index (χ4v) is 8.89. The van der Waals surface area contributed by atoms with Crippen molar-refractivity contribution in [1.29, 1.82) is 0 Å². The molecule has 0 aliphatic heterocycles. The molecule has 0 saturated heterocycles. The number of nitro groups is 1. The maximum atomic E-state index is 12.9. The number of ketones is 1. The summed E-state index contributed by atoms with van der Waals surface area (Å²) < 4.78 is 28.7. The van der Waals surface area contributed by atoms with Gasteiger partial charge in [0.1, 0.15) is 5.78 Å². The standard InChI is InChI=1S/C25H32N2O5S/c1-24-12-10-17(26-33(31,32)19-5-3-4-18(15-19)27(29)30)14-16(24)6-7-20-21-8-9-23(28)25(21,2)13-11-22(20)24/h3-6,15,17,20-22,26H,7-14H2,1-2H3/t17-,20-,21-,22-,24-,25-/m0/s1. The van der Waals surface area contributed by atoms with Crippen molar-refractivity contribution < 1.29 is 18.1 Å². The molecular formula is C25H32N2O5S. The van der Waals surface area contributed by atoms with Gasteiger partial charge in [0.2, 0.25) is 10.0 Å². The molecule has 0 bridgehead atoms. The van der Waals surface area contributed by atoms with Crippen molar-refractivity contribution in [3.05, 3.63) is 46.0 Å². The zero-order chi connectivity index (χ0) is 23.6. The minimum absolute atomic E-state index is 0.0589. The van der Waals surface area contributed by atoms with E-state index in [9.17, 15) is 23.3 Å². The molecule has 5 rings (SSSR count). The van der Waals surface area contributed by atoms with Crippen LogP contribution < -0.4 is 4.72 Å². The number of rotatable bonds is 4. The lowest BCUT2D eigenvalue weighted by Gasteiger charge is -2.57. The Bertz CT molecular complexity index is 1150. The topological polar surface area (TPSA) is 106 Å². The normalized spacial score (nSPS) is 38.1. The van der Waals surface area contributed by atoms with E-state index in [1.165, 1.54) is 23.8 Å². The van der Waals surface area contributed by atoms with Crippen LogP contribution in [0.1, 0.15) is 65.2 Å². The van der Waals surface area contributed by atoms with E-state index in [4.69, 9.17) is 0 Å². The molecule has 3 fully saturated rings. The largest absolute Gasteiger partial charge is 0.299 e. The molecule has 6 atom stereocenters. The van der Waals surface area contributed by atoms with Gasteiger partial charge in [0.05, 0.1) is 9.82 Å². The average Bonchev–Trinajstić information content (AvgIpc) is 3.08. The lowest BCUT2D eigenvalue weighted by molar-refractivity contribution is -0.385. The van der Waals surface area contributed by atoms with Crippen molar-refractivity contribution in [3.63, 3.8) is 0 Å². The second kappa shape index (κ2) is 7.73. The maximum absolute atomic E-state index is 12.9. The summed E-state index contributed by atoms with van der Waals surface area (Å²) in [5.41, 5.74) is 1.02. The van der Waals surface area contributed by atoms with Gasteiger partial charge in [-0.15, -0.1) is 0 Å². The molecule has 33 heavy (non-hydrogen) atoms. The number of nitrogens with zero attached hydrogens (tertiary/aromatic N) is 1. The number of non-ortho nitro benzene ring substituents is 1. The van der Waals surface area contributed by atoms with Crippen molar-refractivity contribution in [1.82, 2.24) is 4.72 Å². The lowest BCUT2D eigenvalue weighted by Crippen LogP contribution is -2.51. The monoisotopic (exact) mass is 472 g/mol. The second-order valence-corrected chi connectivity index (χ2v) is 12.7. The first-order valence-corrected chi connectivity index (χ1v) is 13.5. The number of carbonyl (C=O) groups excluding carboxylic acids is 1. The fraction of sp³-hybridized carbons (Fsp3) is 0.640. The van der Waals surface area contributed by atoms with Crippen LogP contribution in [0.4, 0.5) is 5.69 Å². The number of fused-ring (bicyclic) bond motifs is 5. The van der Waals surface area contributed by atoms with Crippen LogP contribution in [0, 0.1) is 38.7 Å². The minimum Gasteiger partial charge on any atom is -0.299 e. The Kier molecular flexibility index (Phi) is 5.32. The number of allylic oxidation sites excluding steroid dienone is 1. The molecule has 0 unspecified atom stereocenters. The third kappa shape index (κ3) is 3.57. The highest BCUT2D eigenvalue weighted by Crippen LogP contribution is 2.63. The summed E-state index contributed by atoms with van der Waals surface area (Å²) in [6.07, 6.45) is 9.43. The van der Waals surface area contributed by atoms with E-state index in [0.29, 0.717) is 30.0 Å². The molecule has 7 nitrogen and oxygen atoms in total. The SMILES string of the molecule is C[C@]12CC[C@H](NS(=O)(=O)c3cccc([N+](=O)[O-])c3)CC1=CC[C@@H]1[C@@H]2CC[C@]2(C)C(=O)CC[C@@H]12. The molecular weight excluding hydrogens is 440 g/mol. The quantitative estimate of drug-likeness (QED) is 0.386. The van der Waals surface area contributed by atoms with Crippen LogP contribution in [0.3, 0.4) is 0 Å². The molecule has 0 aromatic heterocycles. The molecule has 1 aromatic rings. The van der Waals surface area contributed by atoms with Gasteiger partial charge >= 0.3 is 0 Å². The summed E-state index contributed by atoms with van der Waals surface area (Å²) in [6, 6.07) is 4.99. The predicted octanol–water partition coefficient (Wildman–Crippen LogP) is 4.77. The molecule has 0 radical (unpaired) electrons. The number of carbonyl (C=O) groups is 1. The molecule has 4 aliphatic carbocycles. The Labute approximate surface area is 195 Å². The zero-order valence-electron chi connectivity index (χ0n) is 19.2. The number of sulfonamides is 1. The third-order valence-corrected chi connectivity index (χ3v) is 11.0. The van der Waals surface area contributed by atoms with Crippen LogP contribution in [0.2, 0.25) is 0 Å². The maximum Gasteiger partial charge on any atom is 0.270 e. The Balaban J connectivity index is 1.34. The van der Waals surface area contributed by atoms with Gasteiger partial charge in [-0.05, 0) is 74.2 Å². The first kappa shape index (κ1) is 22.7. The smallest absolute Gasteiger partial charge is 0.270 e. The number of Topliss-reactive ketones (excluding diaryl/α,β-unsaturated/α-hetero) is 1. The summed E-state index contributed by atoms with van der Waals surface area (Å²) in [6.45, 7) is 4.53. The van der Waals surface area contributed by atoms with Crippen molar-refractivity contribution in [2.75, 3.05) is 0 Å². The number of nitro benzene ring substituents is 1. The number of hydrogen-bond acceptors (Lipinski definition) is 5. The third-order valence-electron chi connectivity index (χ3n) is 9.47. The summed E-state index contributed by atoms with van der Waals surface area (Å²) >= 11 is 0. The summed E-state index contributed by atoms with van der Waals surface area (Å²) in [5.74, 6) is 2.02. The highest BCUT2D eigenvalue weighted by molar-refractivity contribution is 7.89. The van der Waals surface area contributed by atoms with Gasteiger partial charge in [-0.1, -0.05) is 31.6 Å². The fourth-order valence-electron chi connectivity index (χ4n) is 7.58. The summed E-state index contributed by atoms with van der Waals surface area (Å²) in [7, 11) is -3.84. The zero-order valence-corrected chi connectivity index (χ0v) is 20.1. The van der Waals surface area contributed by atoms with Crippen LogP contribution in [0.15, 0.2) is 40.8 Å². The van der Waals surface area contributed by atoms with Crippen molar-refractivity contribution in [2.45, 2.75) is 76.2 Å². The first-order chi connectivity index (χ1) is 15.5. The van der Waals surface area contributed by atoms with Crippen molar-refractivity contribution in [2.24, 2.45) is 28.6 Å². The molecule has 0 spiro atoms. The van der Waals surface area contributed by atoms with Gasteiger partial charge in [-0.3, -0.25) is 14.9 Å². The first-order valence-electron chi connectivity index (χ1n) is 12.0. The van der Waals surface area contributed by atoms with Crippen LogP contribution in [0.5, 0.6) is 0 Å². The predicted molar refractivity (Wildman–Crippen MR) is 124 cm³/mol. The lowest BCUT2D eigenvalue weighted by atomic mass is 9.48. The van der Waals surface area contributed by atoms with Crippen LogP contribution >= 0.6 is 0 Å². The van der Waals surface area contributed by atoms with E-state index in [1.54, 1.807) is 0 Å². The van der Waals surface area contributed by atoms with Crippen molar-refractivity contribution in [3.8, 4) is 0 Å². The number of benzene rings is 1. The Morgan fingerprint density at radius 1 is 1.09 bits per heavy atom. The molecule has 3 saturated carbocycles. The van der Waals surface area contributed by atoms with Gasteiger partial charge in [0.15, 0.2) is 0 Å². The van der Waals surface area contributed by atoms with Crippen molar-refractivity contribution >= 4 is 21.5 Å². The number of nitrogens with one attached hydrogen (secondary N) is 1.